The number of aromatic nitrogens is 2. The van der Waals surface area contributed by atoms with Crippen LogP contribution in [0, 0.1) is 13.8 Å². The third kappa shape index (κ3) is 3.41. The van der Waals surface area contributed by atoms with Gasteiger partial charge in [0.1, 0.15) is 4.83 Å². The number of hydrogen-bond acceptors (Lipinski definition) is 4. The maximum atomic E-state index is 13.0. The molecule has 0 spiro atoms. The lowest BCUT2D eigenvalue weighted by Crippen LogP contribution is -2.22. The second-order valence-electron chi connectivity index (χ2n) is 5.84. The Labute approximate surface area is 160 Å². The first-order valence-electron chi connectivity index (χ1n) is 7.96. The van der Waals surface area contributed by atoms with Gasteiger partial charge in [-0.05, 0) is 38.0 Å². The first-order chi connectivity index (χ1) is 11.9. The zero-order valence-corrected chi connectivity index (χ0v) is 16.8. The van der Waals surface area contributed by atoms with Gasteiger partial charge in [-0.3, -0.25) is 9.36 Å². The van der Waals surface area contributed by atoms with Crippen molar-refractivity contribution in [2.24, 2.45) is 0 Å². The molecule has 0 aliphatic carbocycles. The van der Waals surface area contributed by atoms with Gasteiger partial charge in [0.05, 0.1) is 5.39 Å². The van der Waals surface area contributed by atoms with E-state index in [9.17, 15) is 4.79 Å². The van der Waals surface area contributed by atoms with Crippen LogP contribution in [0.25, 0.3) is 10.2 Å². The highest BCUT2D eigenvalue weighted by Gasteiger charge is 2.19. The standard InChI is InChI=1S/C19H19ClN2OS2/c1-5-10-22-18(23)16-11(2)12(3)24-17(16)21-19(22)25-13(4)14-8-6-7-9-15(14)20/h5-9,13H,1,10H2,2-4H3/t13-/m0/s1. The third-order valence-corrected chi connectivity index (χ3v) is 6.77. The molecule has 2 aromatic heterocycles. The van der Waals surface area contributed by atoms with Gasteiger partial charge in [-0.15, -0.1) is 17.9 Å². The zero-order valence-electron chi connectivity index (χ0n) is 14.4. The van der Waals surface area contributed by atoms with Crippen molar-refractivity contribution in [3.05, 3.63) is 68.3 Å². The Balaban J connectivity index is 2.12. The molecule has 2 heterocycles. The van der Waals surface area contributed by atoms with Crippen LogP contribution in [-0.2, 0) is 6.54 Å². The average molecular weight is 391 g/mol. The van der Waals surface area contributed by atoms with Gasteiger partial charge in [-0.1, -0.05) is 47.6 Å². The molecular weight excluding hydrogens is 372 g/mol. The molecule has 130 valence electrons. The summed E-state index contributed by atoms with van der Waals surface area (Å²) in [6.45, 7) is 10.3. The molecule has 0 saturated heterocycles. The van der Waals surface area contributed by atoms with Crippen molar-refractivity contribution in [2.75, 3.05) is 0 Å². The van der Waals surface area contributed by atoms with E-state index in [0.29, 0.717) is 11.7 Å². The van der Waals surface area contributed by atoms with Crippen molar-refractivity contribution in [2.45, 2.75) is 37.7 Å². The van der Waals surface area contributed by atoms with E-state index in [1.807, 2.05) is 38.1 Å². The third-order valence-electron chi connectivity index (χ3n) is 4.19. The van der Waals surface area contributed by atoms with Crippen LogP contribution in [0.15, 0.2) is 46.9 Å². The Bertz CT molecular complexity index is 1010. The van der Waals surface area contributed by atoms with Crippen LogP contribution >= 0.6 is 34.7 Å². The molecule has 0 aliphatic rings. The second-order valence-corrected chi connectivity index (χ2v) is 8.76. The lowest BCUT2D eigenvalue weighted by Gasteiger charge is -2.16. The Kier molecular flexibility index (Phi) is 5.37. The summed E-state index contributed by atoms with van der Waals surface area (Å²) in [6.07, 6.45) is 1.73. The van der Waals surface area contributed by atoms with E-state index in [1.54, 1.807) is 33.7 Å². The molecule has 6 heteroatoms. The highest BCUT2D eigenvalue weighted by molar-refractivity contribution is 7.99. The maximum absolute atomic E-state index is 13.0. The van der Waals surface area contributed by atoms with Gasteiger partial charge in [0, 0.05) is 21.7 Å². The molecule has 0 saturated carbocycles. The number of aryl methyl sites for hydroxylation is 2. The van der Waals surface area contributed by atoms with E-state index in [4.69, 9.17) is 16.6 Å². The first kappa shape index (κ1) is 18.2. The Hall–Kier alpha value is -1.56. The van der Waals surface area contributed by atoms with Gasteiger partial charge >= 0.3 is 0 Å². The van der Waals surface area contributed by atoms with Crippen LogP contribution < -0.4 is 5.56 Å². The van der Waals surface area contributed by atoms with Crippen molar-refractivity contribution in [3.8, 4) is 0 Å². The van der Waals surface area contributed by atoms with Crippen LogP contribution in [-0.4, -0.2) is 9.55 Å². The van der Waals surface area contributed by atoms with E-state index in [0.717, 1.165) is 31.2 Å². The number of allylic oxidation sites excluding steroid dienone is 1. The van der Waals surface area contributed by atoms with Crippen LogP contribution in [0.2, 0.25) is 5.02 Å². The van der Waals surface area contributed by atoms with Crippen molar-refractivity contribution in [3.63, 3.8) is 0 Å². The molecule has 0 radical (unpaired) electrons. The number of thioether (sulfide) groups is 1. The van der Waals surface area contributed by atoms with E-state index in [-0.39, 0.29) is 10.8 Å². The predicted octanol–water partition coefficient (Wildman–Crippen LogP) is 5.77. The zero-order chi connectivity index (χ0) is 18.1. The fourth-order valence-electron chi connectivity index (χ4n) is 2.72. The maximum Gasteiger partial charge on any atom is 0.263 e. The number of nitrogens with zero attached hydrogens (tertiary/aromatic N) is 2. The molecule has 1 atom stereocenters. The van der Waals surface area contributed by atoms with Crippen LogP contribution in [0.4, 0.5) is 0 Å². The molecular formula is C19H19ClN2OS2. The lowest BCUT2D eigenvalue weighted by atomic mass is 10.2. The topological polar surface area (TPSA) is 34.9 Å². The summed E-state index contributed by atoms with van der Waals surface area (Å²) in [5, 5.41) is 2.23. The second kappa shape index (κ2) is 7.36. The fraction of sp³-hybridized carbons (Fsp3) is 0.263. The highest BCUT2D eigenvalue weighted by atomic mass is 35.5. The molecule has 0 aliphatic heterocycles. The quantitative estimate of drug-likeness (QED) is 0.315. The summed E-state index contributed by atoms with van der Waals surface area (Å²) in [5.74, 6) is 0. The number of halogens is 1. The van der Waals surface area contributed by atoms with Crippen molar-refractivity contribution in [1.82, 2.24) is 9.55 Å². The molecule has 0 fully saturated rings. The van der Waals surface area contributed by atoms with Crippen LogP contribution in [0.5, 0.6) is 0 Å². The van der Waals surface area contributed by atoms with Crippen molar-refractivity contribution in [1.29, 1.82) is 0 Å². The summed E-state index contributed by atoms with van der Waals surface area (Å²) < 4.78 is 1.70. The molecule has 0 bridgehead atoms. The SMILES string of the molecule is C=CCn1c(S[C@@H](C)c2ccccc2Cl)nc2sc(C)c(C)c2c1=O. The average Bonchev–Trinajstić information content (AvgIpc) is 2.86. The van der Waals surface area contributed by atoms with Gasteiger partial charge < -0.3 is 0 Å². The molecule has 3 rings (SSSR count). The lowest BCUT2D eigenvalue weighted by molar-refractivity contribution is 0.671. The van der Waals surface area contributed by atoms with E-state index in [1.165, 1.54) is 0 Å². The number of fused-ring (bicyclic) bond motifs is 1. The monoisotopic (exact) mass is 390 g/mol. The minimum Gasteiger partial charge on any atom is -0.283 e. The van der Waals surface area contributed by atoms with E-state index >= 15 is 0 Å². The largest absolute Gasteiger partial charge is 0.283 e. The van der Waals surface area contributed by atoms with Gasteiger partial charge in [0.25, 0.3) is 5.56 Å². The molecule has 0 N–H and O–H groups in total. The normalized spacial score (nSPS) is 12.5. The molecule has 0 amide bonds. The Morgan fingerprint density at radius 1 is 1.40 bits per heavy atom. The summed E-state index contributed by atoms with van der Waals surface area (Å²) in [4.78, 5) is 19.7. The summed E-state index contributed by atoms with van der Waals surface area (Å²) >= 11 is 9.44. The summed E-state index contributed by atoms with van der Waals surface area (Å²) in [5.41, 5.74) is 2.05. The molecule has 3 aromatic rings. The van der Waals surface area contributed by atoms with Crippen molar-refractivity contribution >= 4 is 44.9 Å². The minimum absolute atomic E-state index is 0.000564. The van der Waals surface area contributed by atoms with Crippen LogP contribution in [0.3, 0.4) is 0 Å². The smallest absolute Gasteiger partial charge is 0.263 e. The number of hydrogen-bond donors (Lipinski definition) is 0. The Morgan fingerprint density at radius 2 is 2.12 bits per heavy atom. The molecule has 3 nitrogen and oxygen atoms in total. The summed E-state index contributed by atoms with van der Waals surface area (Å²) in [7, 11) is 0. The van der Waals surface area contributed by atoms with E-state index in [2.05, 4.69) is 13.5 Å². The van der Waals surface area contributed by atoms with Gasteiger partial charge in [-0.2, -0.15) is 0 Å². The molecule has 25 heavy (non-hydrogen) atoms. The highest BCUT2D eigenvalue weighted by Crippen LogP contribution is 2.38. The minimum atomic E-state index is 0.000564. The fourth-order valence-corrected chi connectivity index (χ4v) is 5.23. The van der Waals surface area contributed by atoms with E-state index < -0.39 is 0 Å². The van der Waals surface area contributed by atoms with Crippen molar-refractivity contribution < 1.29 is 0 Å². The van der Waals surface area contributed by atoms with Gasteiger partial charge in [0.15, 0.2) is 5.16 Å². The summed E-state index contributed by atoms with van der Waals surface area (Å²) in [6, 6.07) is 7.78. The number of thiophene rings is 1. The van der Waals surface area contributed by atoms with Crippen LogP contribution in [0.1, 0.15) is 28.2 Å². The Morgan fingerprint density at radius 3 is 2.80 bits per heavy atom. The number of rotatable bonds is 5. The number of benzene rings is 1. The first-order valence-corrected chi connectivity index (χ1v) is 10.0. The molecule has 1 aromatic carbocycles. The van der Waals surface area contributed by atoms with Gasteiger partial charge in [0.2, 0.25) is 0 Å². The predicted molar refractivity (Wildman–Crippen MR) is 109 cm³/mol. The molecule has 0 unspecified atom stereocenters. The van der Waals surface area contributed by atoms with Gasteiger partial charge in [-0.25, -0.2) is 4.98 Å².